The largest absolute Gasteiger partial charge is 0.315 e. The van der Waals surface area contributed by atoms with Gasteiger partial charge in [0.15, 0.2) is 0 Å². The number of rotatable bonds is 6. The van der Waals surface area contributed by atoms with Crippen LogP contribution in [0.2, 0.25) is 0 Å². The summed E-state index contributed by atoms with van der Waals surface area (Å²) in [7, 11) is -3.36. The van der Waals surface area contributed by atoms with Gasteiger partial charge in [0.05, 0.1) is 0 Å². The van der Waals surface area contributed by atoms with Crippen LogP contribution in [0, 0.1) is 11.8 Å². The van der Waals surface area contributed by atoms with Crippen LogP contribution in [0.5, 0.6) is 0 Å². The average molecular weight is 317 g/mol. The number of piperidine rings is 1. The monoisotopic (exact) mass is 317 g/mol. The molecule has 0 bridgehead atoms. The number of nitrogens with one attached hydrogen (secondary N) is 2. The zero-order chi connectivity index (χ0) is 15.5. The van der Waals surface area contributed by atoms with Gasteiger partial charge >= 0.3 is 0 Å². The highest BCUT2D eigenvalue weighted by Crippen LogP contribution is 2.32. The van der Waals surface area contributed by atoms with Crippen LogP contribution < -0.4 is 10.0 Å². The standard InChI is InChI=1S/C15H31N3O2S/c1-4-16-11-14-7-5-6-10-18(14)21(19,20)17-15-9-8-12(2)13(15)3/h12-17H,4-11H2,1-3H3. The molecule has 2 aliphatic rings. The van der Waals surface area contributed by atoms with Crippen molar-refractivity contribution >= 4 is 10.2 Å². The van der Waals surface area contributed by atoms with Crippen LogP contribution in [0.15, 0.2) is 0 Å². The van der Waals surface area contributed by atoms with E-state index in [-0.39, 0.29) is 12.1 Å². The summed E-state index contributed by atoms with van der Waals surface area (Å²) in [6.45, 7) is 8.73. The molecule has 1 aliphatic carbocycles. The lowest BCUT2D eigenvalue weighted by atomic mass is 9.98. The molecule has 2 N–H and O–H groups in total. The van der Waals surface area contributed by atoms with E-state index in [0.29, 0.717) is 18.4 Å². The van der Waals surface area contributed by atoms with Crippen LogP contribution in [0.3, 0.4) is 0 Å². The molecule has 0 aromatic carbocycles. The minimum absolute atomic E-state index is 0.102. The van der Waals surface area contributed by atoms with Gasteiger partial charge in [-0.2, -0.15) is 17.4 Å². The quantitative estimate of drug-likeness (QED) is 0.784. The third kappa shape index (κ3) is 4.18. The van der Waals surface area contributed by atoms with E-state index in [1.165, 1.54) is 0 Å². The first-order valence-electron chi connectivity index (χ1n) is 8.45. The predicted octanol–water partition coefficient (Wildman–Crippen LogP) is 1.72. The zero-order valence-corrected chi connectivity index (χ0v) is 14.5. The molecular weight excluding hydrogens is 286 g/mol. The molecule has 0 aromatic heterocycles. The van der Waals surface area contributed by atoms with E-state index in [1.807, 2.05) is 0 Å². The lowest BCUT2D eigenvalue weighted by Crippen LogP contribution is -2.54. The van der Waals surface area contributed by atoms with Crippen molar-refractivity contribution in [2.24, 2.45) is 11.8 Å². The maximum atomic E-state index is 12.8. The molecular formula is C15H31N3O2S. The van der Waals surface area contributed by atoms with Crippen molar-refractivity contribution in [2.75, 3.05) is 19.6 Å². The Balaban J connectivity index is 2.02. The minimum Gasteiger partial charge on any atom is -0.315 e. The van der Waals surface area contributed by atoms with Gasteiger partial charge in [0.2, 0.25) is 0 Å². The van der Waals surface area contributed by atoms with E-state index in [0.717, 1.165) is 45.2 Å². The molecule has 4 atom stereocenters. The molecule has 1 heterocycles. The van der Waals surface area contributed by atoms with Crippen molar-refractivity contribution < 1.29 is 8.42 Å². The van der Waals surface area contributed by atoms with E-state index in [9.17, 15) is 8.42 Å². The van der Waals surface area contributed by atoms with Crippen molar-refractivity contribution in [1.82, 2.24) is 14.3 Å². The maximum absolute atomic E-state index is 12.8. The van der Waals surface area contributed by atoms with E-state index >= 15 is 0 Å². The third-order valence-electron chi connectivity index (χ3n) is 5.28. The van der Waals surface area contributed by atoms with E-state index in [4.69, 9.17) is 0 Å². The van der Waals surface area contributed by atoms with Crippen molar-refractivity contribution in [3.05, 3.63) is 0 Å². The molecule has 1 aliphatic heterocycles. The highest BCUT2D eigenvalue weighted by Gasteiger charge is 2.37. The molecule has 4 unspecified atom stereocenters. The Morgan fingerprint density at radius 1 is 1.14 bits per heavy atom. The van der Waals surface area contributed by atoms with Gasteiger partial charge in [-0.25, -0.2) is 0 Å². The predicted molar refractivity (Wildman–Crippen MR) is 86.3 cm³/mol. The van der Waals surface area contributed by atoms with Crippen LogP contribution in [0.1, 0.15) is 52.9 Å². The Hall–Kier alpha value is -0.170. The number of likely N-dealkylation sites (N-methyl/N-ethyl adjacent to an activating group) is 1. The summed E-state index contributed by atoms with van der Waals surface area (Å²) in [5.41, 5.74) is 0. The molecule has 124 valence electrons. The molecule has 0 amide bonds. The van der Waals surface area contributed by atoms with E-state index < -0.39 is 10.2 Å². The second-order valence-corrected chi connectivity index (χ2v) is 8.37. The highest BCUT2D eigenvalue weighted by molar-refractivity contribution is 7.87. The van der Waals surface area contributed by atoms with Gasteiger partial charge in [-0.1, -0.05) is 27.2 Å². The SMILES string of the molecule is CCNCC1CCCCN1S(=O)(=O)NC1CCC(C)C1C. The third-order valence-corrected chi connectivity index (χ3v) is 6.98. The average Bonchev–Trinajstić information content (AvgIpc) is 2.77. The molecule has 1 saturated heterocycles. The first-order chi connectivity index (χ1) is 9.95. The van der Waals surface area contributed by atoms with Crippen LogP contribution in [0.4, 0.5) is 0 Å². The number of nitrogens with zero attached hydrogens (tertiary/aromatic N) is 1. The van der Waals surface area contributed by atoms with Gasteiger partial charge in [0.1, 0.15) is 0 Å². The van der Waals surface area contributed by atoms with E-state index in [1.54, 1.807) is 4.31 Å². The molecule has 0 radical (unpaired) electrons. The van der Waals surface area contributed by atoms with Gasteiger partial charge in [0.25, 0.3) is 10.2 Å². The summed E-state index contributed by atoms with van der Waals surface area (Å²) < 4.78 is 30.2. The lowest BCUT2D eigenvalue weighted by molar-refractivity contribution is 0.240. The van der Waals surface area contributed by atoms with Gasteiger partial charge in [-0.05, 0) is 44.1 Å². The first-order valence-corrected chi connectivity index (χ1v) is 9.89. The molecule has 0 spiro atoms. The zero-order valence-electron chi connectivity index (χ0n) is 13.6. The molecule has 2 rings (SSSR count). The van der Waals surface area contributed by atoms with Gasteiger partial charge < -0.3 is 5.32 Å². The molecule has 1 saturated carbocycles. The van der Waals surface area contributed by atoms with Crippen LogP contribution in [0.25, 0.3) is 0 Å². The summed E-state index contributed by atoms with van der Waals surface area (Å²) in [6, 6.07) is 0.206. The van der Waals surface area contributed by atoms with Gasteiger partial charge in [0, 0.05) is 25.2 Å². The fraction of sp³-hybridized carbons (Fsp3) is 1.00. The van der Waals surface area contributed by atoms with Crippen LogP contribution in [-0.2, 0) is 10.2 Å². The molecule has 5 nitrogen and oxygen atoms in total. The summed E-state index contributed by atoms with van der Waals surface area (Å²) in [5.74, 6) is 1.04. The lowest BCUT2D eigenvalue weighted by Gasteiger charge is -2.36. The van der Waals surface area contributed by atoms with Gasteiger partial charge in [-0.3, -0.25) is 0 Å². The van der Waals surface area contributed by atoms with Crippen LogP contribution in [-0.4, -0.2) is 44.4 Å². The highest BCUT2D eigenvalue weighted by atomic mass is 32.2. The van der Waals surface area contributed by atoms with Crippen LogP contribution >= 0.6 is 0 Å². The topological polar surface area (TPSA) is 61.4 Å². The Bertz CT molecular complexity index is 427. The van der Waals surface area contributed by atoms with Gasteiger partial charge in [-0.15, -0.1) is 0 Å². The second kappa shape index (κ2) is 7.40. The Morgan fingerprint density at radius 3 is 2.52 bits per heavy atom. The number of hydrogen-bond acceptors (Lipinski definition) is 3. The summed E-state index contributed by atoms with van der Waals surface area (Å²) in [5, 5.41) is 3.30. The molecule has 0 aromatic rings. The summed E-state index contributed by atoms with van der Waals surface area (Å²) in [6.07, 6.45) is 5.14. The Kier molecular flexibility index (Phi) is 6.05. The molecule has 2 fully saturated rings. The smallest absolute Gasteiger partial charge is 0.280 e. The number of hydrogen-bond donors (Lipinski definition) is 2. The van der Waals surface area contributed by atoms with Crippen molar-refractivity contribution in [3.63, 3.8) is 0 Å². The Labute approximate surface area is 130 Å². The fourth-order valence-corrected chi connectivity index (χ4v) is 5.39. The second-order valence-electron chi connectivity index (χ2n) is 6.71. The normalized spacial score (nSPS) is 35.2. The van der Waals surface area contributed by atoms with Crippen molar-refractivity contribution in [2.45, 2.75) is 65.0 Å². The maximum Gasteiger partial charge on any atom is 0.280 e. The van der Waals surface area contributed by atoms with E-state index in [2.05, 4.69) is 30.8 Å². The van der Waals surface area contributed by atoms with Crippen molar-refractivity contribution in [1.29, 1.82) is 0 Å². The minimum atomic E-state index is -3.36. The Morgan fingerprint density at radius 2 is 1.90 bits per heavy atom. The molecule has 21 heavy (non-hydrogen) atoms. The first kappa shape index (κ1) is 17.2. The van der Waals surface area contributed by atoms with Crippen molar-refractivity contribution in [3.8, 4) is 0 Å². The summed E-state index contributed by atoms with van der Waals surface area (Å²) >= 11 is 0. The summed E-state index contributed by atoms with van der Waals surface area (Å²) in [4.78, 5) is 0. The fourth-order valence-electron chi connectivity index (χ4n) is 3.60. The molecule has 6 heteroatoms.